The van der Waals surface area contributed by atoms with E-state index in [9.17, 15) is 4.79 Å². The number of benzene rings is 4. The Bertz CT molecular complexity index is 1710. The van der Waals surface area contributed by atoms with Crippen LogP contribution in [0.15, 0.2) is 108 Å². The first-order valence-corrected chi connectivity index (χ1v) is 11.2. The normalized spacial score (nSPS) is 22.8. The molecule has 0 N–H and O–H groups in total. The predicted molar refractivity (Wildman–Crippen MR) is 131 cm³/mol. The standard InChI is InChI=1S/C29H20N2O3/c1-2-28(21-16-15-19-9-3-4-10-20(19)17-21)18-33-29(34-28)23-12-6-8-14-25(23)31-26(32)22-11-5-7-13-24(22)30-27(29)31/h2-17H,1,18H2. The van der Waals surface area contributed by atoms with Crippen LogP contribution in [0.25, 0.3) is 27.4 Å². The first-order valence-electron chi connectivity index (χ1n) is 11.2. The van der Waals surface area contributed by atoms with Gasteiger partial charge in [-0.05, 0) is 40.6 Å². The van der Waals surface area contributed by atoms with Gasteiger partial charge in [0.1, 0.15) is 5.60 Å². The summed E-state index contributed by atoms with van der Waals surface area (Å²) in [5, 5.41) is 2.81. The van der Waals surface area contributed by atoms with E-state index < -0.39 is 11.4 Å². The third-order valence-corrected chi connectivity index (χ3v) is 6.95. The molecule has 5 nitrogen and oxygen atoms in total. The summed E-state index contributed by atoms with van der Waals surface area (Å²) in [6.45, 7) is 4.35. The second-order valence-electron chi connectivity index (χ2n) is 8.77. The molecule has 2 aliphatic heterocycles. The Labute approximate surface area is 195 Å². The van der Waals surface area contributed by atoms with Gasteiger partial charge in [0.25, 0.3) is 11.3 Å². The minimum absolute atomic E-state index is 0.140. The highest BCUT2D eigenvalue weighted by atomic mass is 16.8. The number of aromatic nitrogens is 2. The average Bonchev–Trinajstić information content (AvgIpc) is 3.42. The molecule has 2 atom stereocenters. The van der Waals surface area contributed by atoms with E-state index in [0.29, 0.717) is 16.7 Å². The fourth-order valence-electron chi connectivity index (χ4n) is 5.22. The molecule has 34 heavy (non-hydrogen) atoms. The quantitative estimate of drug-likeness (QED) is 0.352. The second kappa shape index (κ2) is 6.73. The Balaban J connectivity index is 1.47. The number of ether oxygens (including phenoxy) is 2. The summed E-state index contributed by atoms with van der Waals surface area (Å²) in [6, 6.07) is 29.5. The lowest BCUT2D eigenvalue weighted by molar-refractivity contribution is -0.159. The highest BCUT2D eigenvalue weighted by Gasteiger charge is 2.58. The highest BCUT2D eigenvalue weighted by Crippen LogP contribution is 2.53. The van der Waals surface area contributed by atoms with Crippen molar-refractivity contribution in [2.24, 2.45) is 0 Å². The Kier molecular flexibility index (Phi) is 3.84. The van der Waals surface area contributed by atoms with Gasteiger partial charge in [-0.15, -0.1) is 0 Å². The fraction of sp³-hybridized carbons (Fsp3) is 0.103. The van der Waals surface area contributed by atoms with E-state index in [1.807, 2.05) is 60.7 Å². The van der Waals surface area contributed by atoms with Gasteiger partial charge in [-0.2, -0.15) is 0 Å². The Morgan fingerprint density at radius 2 is 1.68 bits per heavy atom. The van der Waals surface area contributed by atoms with E-state index in [1.165, 1.54) is 0 Å². The maximum Gasteiger partial charge on any atom is 0.266 e. The zero-order chi connectivity index (χ0) is 22.9. The van der Waals surface area contributed by atoms with Crippen LogP contribution < -0.4 is 5.56 Å². The van der Waals surface area contributed by atoms with Crippen LogP contribution in [0.3, 0.4) is 0 Å². The number of hydrogen-bond donors (Lipinski definition) is 0. The van der Waals surface area contributed by atoms with Gasteiger partial charge >= 0.3 is 0 Å². The lowest BCUT2D eigenvalue weighted by Gasteiger charge is -2.29. The van der Waals surface area contributed by atoms with Crippen LogP contribution in [-0.4, -0.2) is 16.2 Å². The van der Waals surface area contributed by atoms with Crippen LogP contribution in [-0.2, 0) is 20.9 Å². The largest absolute Gasteiger partial charge is 0.336 e. The molecule has 1 aromatic heterocycles. The molecule has 1 saturated heterocycles. The third-order valence-electron chi connectivity index (χ3n) is 6.95. The lowest BCUT2D eigenvalue weighted by Crippen LogP contribution is -2.34. The van der Waals surface area contributed by atoms with Crippen molar-refractivity contribution in [2.75, 3.05) is 6.61 Å². The van der Waals surface area contributed by atoms with Gasteiger partial charge < -0.3 is 9.47 Å². The molecule has 7 rings (SSSR count). The molecule has 0 saturated carbocycles. The van der Waals surface area contributed by atoms with Crippen LogP contribution in [0.1, 0.15) is 17.0 Å². The smallest absolute Gasteiger partial charge is 0.266 e. The molecule has 0 amide bonds. The summed E-state index contributed by atoms with van der Waals surface area (Å²) < 4.78 is 15.0. The van der Waals surface area contributed by atoms with E-state index in [4.69, 9.17) is 14.5 Å². The van der Waals surface area contributed by atoms with Crippen molar-refractivity contribution in [3.05, 3.63) is 131 Å². The fourth-order valence-corrected chi connectivity index (χ4v) is 5.22. The molecule has 1 fully saturated rings. The maximum absolute atomic E-state index is 13.6. The van der Waals surface area contributed by atoms with Gasteiger partial charge in [-0.1, -0.05) is 79.4 Å². The maximum atomic E-state index is 13.6. The van der Waals surface area contributed by atoms with Crippen molar-refractivity contribution < 1.29 is 9.47 Å². The molecule has 2 aliphatic rings. The molecule has 164 valence electrons. The number of nitrogens with zero attached hydrogens (tertiary/aromatic N) is 2. The zero-order valence-electron chi connectivity index (χ0n) is 18.3. The van der Waals surface area contributed by atoms with Crippen molar-refractivity contribution in [2.45, 2.75) is 11.4 Å². The molecular weight excluding hydrogens is 424 g/mol. The summed E-state index contributed by atoms with van der Waals surface area (Å²) in [7, 11) is 0. The van der Waals surface area contributed by atoms with Crippen molar-refractivity contribution in [3.8, 4) is 5.69 Å². The molecule has 3 heterocycles. The van der Waals surface area contributed by atoms with Gasteiger partial charge in [0.05, 0.1) is 23.2 Å². The van der Waals surface area contributed by atoms with Gasteiger partial charge in [-0.3, -0.25) is 9.36 Å². The van der Waals surface area contributed by atoms with Crippen LogP contribution in [0, 0.1) is 0 Å². The van der Waals surface area contributed by atoms with Gasteiger partial charge in [0.15, 0.2) is 5.82 Å². The van der Waals surface area contributed by atoms with Crippen molar-refractivity contribution in [3.63, 3.8) is 0 Å². The Morgan fingerprint density at radius 1 is 0.912 bits per heavy atom. The molecule has 0 bridgehead atoms. The van der Waals surface area contributed by atoms with E-state index in [2.05, 4.69) is 30.8 Å². The van der Waals surface area contributed by atoms with Gasteiger partial charge in [0.2, 0.25) is 0 Å². The van der Waals surface area contributed by atoms with Crippen LogP contribution in [0.5, 0.6) is 0 Å². The van der Waals surface area contributed by atoms with Crippen molar-refractivity contribution in [1.82, 2.24) is 9.55 Å². The van der Waals surface area contributed by atoms with E-state index in [-0.39, 0.29) is 12.2 Å². The third kappa shape index (κ3) is 2.40. The minimum atomic E-state index is -1.32. The van der Waals surface area contributed by atoms with Crippen LogP contribution >= 0.6 is 0 Å². The monoisotopic (exact) mass is 444 g/mol. The summed E-state index contributed by atoms with van der Waals surface area (Å²) in [5.74, 6) is -0.887. The van der Waals surface area contributed by atoms with Crippen LogP contribution in [0.4, 0.5) is 0 Å². The number of rotatable bonds is 2. The number of fused-ring (bicyclic) bond motifs is 7. The molecule has 1 spiro atoms. The first kappa shape index (κ1) is 19.4. The summed E-state index contributed by atoms with van der Waals surface area (Å²) in [4.78, 5) is 18.5. The summed E-state index contributed by atoms with van der Waals surface area (Å²) in [6.07, 6.45) is 1.79. The predicted octanol–water partition coefficient (Wildman–Crippen LogP) is 5.18. The zero-order valence-corrected chi connectivity index (χ0v) is 18.3. The molecule has 4 aromatic carbocycles. The van der Waals surface area contributed by atoms with Gasteiger partial charge in [-0.25, -0.2) is 4.98 Å². The topological polar surface area (TPSA) is 53.4 Å². The SMILES string of the molecule is C=CC1(c2ccc3ccccc3c2)COC2(O1)c1ccccc1-n1c2nc2ccccc2c1=O. The second-order valence-corrected chi connectivity index (χ2v) is 8.77. The number of para-hydroxylation sites is 2. The summed E-state index contributed by atoms with van der Waals surface area (Å²) in [5.41, 5.74) is 1.99. The van der Waals surface area contributed by atoms with Crippen molar-refractivity contribution >= 4 is 21.7 Å². The molecule has 5 aromatic rings. The molecule has 0 aliphatic carbocycles. The summed E-state index contributed by atoms with van der Waals surface area (Å²) >= 11 is 0. The van der Waals surface area contributed by atoms with Crippen molar-refractivity contribution in [1.29, 1.82) is 0 Å². The molecule has 0 radical (unpaired) electrons. The number of hydrogen-bond acceptors (Lipinski definition) is 4. The van der Waals surface area contributed by atoms with E-state index in [1.54, 1.807) is 16.7 Å². The molecular formula is C29H20N2O3. The Morgan fingerprint density at radius 3 is 2.56 bits per heavy atom. The lowest BCUT2D eigenvalue weighted by atomic mass is 9.92. The Hall–Kier alpha value is -4.06. The highest BCUT2D eigenvalue weighted by molar-refractivity contribution is 5.83. The van der Waals surface area contributed by atoms with E-state index >= 15 is 0 Å². The minimum Gasteiger partial charge on any atom is -0.336 e. The van der Waals surface area contributed by atoms with Crippen LogP contribution in [0.2, 0.25) is 0 Å². The van der Waals surface area contributed by atoms with E-state index in [0.717, 1.165) is 27.6 Å². The average molecular weight is 444 g/mol. The molecule has 5 heteroatoms. The first-order chi connectivity index (χ1) is 16.7. The molecule has 2 unspecified atom stereocenters. The van der Waals surface area contributed by atoms with Gasteiger partial charge in [0, 0.05) is 5.56 Å².